The molecule has 3 amide bonds. The van der Waals surface area contributed by atoms with Gasteiger partial charge in [-0.1, -0.05) is 5.16 Å². The van der Waals surface area contributed by atoms with Gasteiger partial charge in [0.25, 0.3) is 11.8 Å². The van der Waals surface area contributed by atoms with Crippen molar-refractivity contribution in [1.82, 2.24) is 29.8 Å². The van der Waals surface area contributed by atoms with Gasteiger partial charge in [0.1, 0.15) is 17.1 Å². The maximum atomic E-state index is 12.9. The van der Waals surface area contributed by atoms with E-state index in [1.54, 1.807) is 11.0 Å². The van der Waals surface area contributed by atoms with Crippen molar-refractivity contribution in [1.29, 1.82) is 0 Å². The number of carboxylic acid groups (broad SMARTS) is 1. The Morgan fingerprint density at radius 1 is 1.35 bits per heavy atom. The van der Waals surface area contributed by atoms with Gasteiger partial charge >= 0.3 is 5.97 Å². The highest BCUT2D eigenvalue weighted by Crippen LogP contribution is 2.41. The second-order valence-electron chi connectivity index (χ2n) is 8.97. The average molecular weight is 549 g/mol. The summed E-state index contributed by atoms with van der Waals surface area (Å²) in [5, 5.41) is 27.2. The van der Waals surface area contributed by atoms with Crippen molar-refractivity contribution in [2.24, 2.45) is 11.1 Å². The highest BCUT2D eigenvalue weighted by molar-refractivity contribution is 8.00. The molecule has 0 aliphatic carbocycles. The van der Waals surface area contributed by atoms with Crippen LogP contribution in [0.25, 0.3) is 0 Å². The van der Waals surface area contributed by atoms with Crippen LogP contribution in [0.4, 0.5) is 5.13 Å². The van der Waals surface area contributed by atoms with Crippen molar-refractivity contribution in [2.75, 3.05) is 37.7 Å². The minimum absolute atomic E-state index is 0.0648. The van der Waals surface area contributed by atoms with Crippen LogP contribution >= 0.6 is 23.3 Å². The molecule has 0 bridgehead atoms. The Labute approximate surface area is 218 Å². The van der Waals surface area contributed by atoms with E-state index in [-0.39, 0.29) is 28.3 Å². The zero-order valence-corrected chi connectivity index (χ0v) is 21.0. The number of fused-ring (bicyclic) bond motifs is 1. The van der Waals surface area contributed by atoms with E-state index < -0.39 is 34.9 Å². The molecule has 0 spiro atoms. The third kappa shape index (κ3) is 4.67. The Hall–Kier alpha value is -3.50. The fourth-order valence-electron chi connectivity index (χ4n) is 4.85. The number of aliphatic carboxylic acids is 1. The van der Waals surface area contributed by atoms with Gasteiger partial charge in [-0.3, -0.25) is 19.3 Å². The summed E-state index contributed by atoms with van der Waals surface area (Å²) in [6.45, 7) is 3.07. The SMILES string of the molecule is Nc1nc(/C(=N/O)C(=O)N[C@@H]2C(=O)N3C(C(=O)O)=C(/C=C4\CCN(CC5CCNC5)C4=O)CS[C@H]23)ns1. The third-order valence-electron chi connectivity index (χ3n) is 6.66. The van der Waals surface area contributed by atoms with Crippen molar-refractivity contribution in [3.63, 3.8) is 0 Å². The molecule has 16 heteroatoms. The summed E-state index contributed by atoms with van der Waals surface area (Å²) >= 11 is 2.07. The molecule has 3 saturated heterocycles. The summed E-state index contributed by atoms with van der Waals surface area (Å²) in [4.78, 5) is 57.4. The molecule has 1 aromatic heterocycles. The number of rotatable bonds is 7. The van der Waals surface area contributed by atoms with E-state index in [9.17, 15) is 29.5 Å². The van der Waals surface area contributed by atoms with Crippen molar-refractivity contribution in [3.8, 4) is 0 Å². The first-order valence-corrected chi connectivity index (χ1v) is 13.3. The van der Waals surface area contributed by atoms with Crippen LogP contribution in [-0.4, -0.2) is 102 Å². The molecule has 5 heterocycles. The van der Waals surface area contributed by atoms with E-state index in [2.05, 4.69) is 25.1 Å². The molecule has 4 aliphatic heterocycles. The largest absolute Gasteiger partial charge is 0.477 e. The lowest BCUT2D eigenvalue weighted by molar-refractivity contribution is -0.150. The summed E-state index contributed by atoms with van der Waals surface area (Å²) in [5.74, 6) is -2.48. The van der Waals surface area contributed by atoms with E-state index in [0.717, 1.165) is 35.9 Å². The Balaban J connectivity index is 1.30. The molecular weight excluding hydrogens is 524 g/mol. The molecule has 14 nitrogen and oxygen atoms in total. The standard InChI is InChI=1S/C21H24N8O6S2/c22-21-25-15(27-37-21)12(26-35)16(30)24-13-18(32)29-14(20(33)34)11(8-36-19(13)29)5-10-2-4-28(17(10)31)7-9-1-3-23-6-9/h5,9,13,19,23,35H,1-4,6-8H2,(H,24,30)(H,33,34)(H2,22,25,27)/b10-5+,26-12-/t9?,13-,19-/m1/s1. The van der Waals surface area contributed by atoms with Gasteiger partial charge in [0, 0.05) is 35.9 Å². The number of nitrogens with one attached hydrogen (secondary N) is 2. The summed E-state index contributed by atoms with van der Waals surface area (Å²) in [6.07, 6.45) is 3.12. The molecule has 1 aromatic rings. The molecule has 0 saturated carbocycles. The van der Waals surface area contributed by atoms with E-state index in [1.165, 1.54) is 11.8 Å². The highest BCUT2D eigenvalue weighted by atomic mass is 32.2. The predicted molar refractivity (Wildman–Crippen MR) is 133 cm³/mol. The number of aromatic nitrogens is 2. The lowest BCUT2D eigenvalue weighted by Gasteiger charge is -2.49. The lowest BCUT2D eigenvalue weighted by atomic mass is 10.0. The van der Waals surface area contributed by atoms with Crippen molar-refractivity contribution in [2.45, 2.75) is 24.3 Å². The van der Waals surface area contributed by atoms with Crippen LogP contribution in [0.2, 0.25) is 0 Å². The number of thioether (sulfide) groups is 1. The fourth-order valence-corrected chi connectivity index (χ4v) is 6.59. The third-order valence-corrected chi connectivity index (χ3v) is 8.50. The number of hydrogen-bond donors (Lipinski definition) is 5. The van der Waals surface area contributed by atoms with Gasteiger partial charge in [0.05, 0.1) is 0 Å². The Morgan fingerprint density at radius 3 is 2.81 bits per heavy atom. The quantitative estimate of drug-likeness (QED) is 0.0900. The second kappa shape index (κ2) is 10.1. The summed E-state index contributed by atoms with van der Waals surface area (Å²) < 4.78 is 3.82. The number of allylic oxidation sites excluding steroid dienone is 1. The maximum absolute atomic E-state index is 12.9. The monoisotopic (exact) mass is 548 g/mol. The van der Waals surface area contributed by atoms with Gasteiger partial charge in [-0.2, -0.15) is 9.36 Å². The van der Waals surface area contributed by atoms with Crippen LogP contribution in [0.1, 0.15) is 18.7 Å². The smallest absolute Gasteiger partial charge is 0.352 e. The number of nitrogen functional groups attached to an aromatic ring is 1. The number of anilines is 1. The minimum atomic E-state index is -1.30. The van der Waals surface area contributed by atoms with E-state index in [4.69, 9.17) is 5.73 Å². The molecular formula is C21H24N8O6S2. The normalized spacial score (nSPS) is 27.1. The molecule has 4 aliphatic rings. The topological polar surface area (TPSA) is 203 Å². The first kappa shape index (κ1) is 25.2. The van der Waals surface area contributed by atoms with Gasteiger partial charge < -0.3 is 31.6 Å². The molecule has 1 unspecified atom stereocenters. The van der Waals surface area contributed by atoms with Crippen LogP contribution in [0.15, 0.2) is 28.1 Å². The Kier molecular flexibility index (Phi) is 6.87. The van der Waals surface area contributed by atoms with Crippen LogP contribution in [0, 0.1) is 5.92 Å². The van der Waals surface area contributed by atoms with Crippen LogP contribution in [0.5, 0.6) is 0 Å². The van der Waals surface area contributed by atoms with Crippen molar-refractivity contribution < 1.29 is 29.5 Å². The van der Waals surface area contributed by atoms with E-state index in [1.807, 2.05) is 0 Å². The molecule has 5 rings (SSSR count). The van der Waals surface area contributed by atoms with Gasteiger partial charge in [-0.05, 0) is 43.5 Å². The first-order valence-electron chi connectivity index (χ1n) is 11.5. The number of β-lactam (4-membered cyclic amide) rings is 1. The number of amides is 3. The number of carbonyl (C=O) groups excluding carboxylic acids is 3. The zero-order valence-electron chi connectivity index (χ0n) is 19.4. The fraction of sp³-hybridized carbons (Fsp3) is 0.476. The Bertz CT molecular complexity index is 1250. The molecule has 6 N–H and O–H groups in total. The maximum Gasteiger partial charge on any atom is 0.352 e. The number of hydrogen-bond acceptors (Lipinski definition) is 12. The molecule has 3 atom stereocenters. The van der Waals surface area contributed by atoms with Gasteiger partial charge in [-0.25, -0.2) is 4.79 Å². The molecule has 0 radical (unpaired) electrons. The predicted octanol–water partition coefficient (Wildman–Crippen LogP) is -1.19. The van der Waals surface area contributed by atoms with Crippen molar-refractivity contribution in [3.05, 3.63) is 28.7 Å². The van der Waals surface area contributed by atoms with Crippen molar-refractivity contribution >= 4 is 57.8 Å². The number of nitrogens with zero attached hydrogens (tertiary/aromatic N) is 5. The van der Waals surface area contributed by atoms with Gasteiger partial charge in [0.2, 0.25) is 17.4 Å². The number of nitrogens with two attached hydrogens (primary N) is 1. The molecule has 37 heavy (non-hydrogen) atoms. The van der Waals surface area contributed by atoms with Gasteiger partial charge in [0.15, 0.2) is 5.13 Å². The molecule has 0 aromatic carbocycles. The van der Waals surface area contributed by atoms with E-state index in [0.29, 0.717) is 36.6 Å². The number of carboxylic acids is 1. The minimum Gasteiger partial charge on any atom is -0.477 e. The number of oxime groups is 1. The molecule has 196 valence electrons. The lowest BCUT2D eigenvalue weighted by Crippen LogP contribution is -2.71. The number of likely N-dealkylation sites (tertiary alicyclic amines) is 1. The average Bonchev–Trinajstić information content (AvgIpc) is 3.62. The highest BCUT2D eigenvalue weighted by Gasteiger charge is 2.54. The second-order valence-corrected chi connectivity index (χ2v) is 10.9. The summed E-state index contributed by atoms with van der Waals surface area (Å²) in [7, 11) is 0. The van der Waals surface area contributed by atoms with Crippen LogP contribution in [-0.2, 0) is 19.2 Å². The zero-order chi connectivity index (χ0) is 26.3. The first-order chi connectivity index (χ1) is 17.8. The van der Waals surface area contributed by atoms with Gasteiger partial charge in [-0.15, -0.1) is 11.8 Å². The Morgan fingerprint density at radius 2 is 2.16 bits per heavy atom. The number of carbonyl (C=O) groups is 4. The molecule has 3 fully saturated rings. The van der Waals surface area contributed by atoms with E-state index >= 15 is 0 Å². The van der Waals surface area contributed by atoms with Crippen LogP contribution in [0.3, 0.4) is 0 Å². The summed E-state index contributed by atoms with van der Waals surface area (Å²) in [6, 6.07) is -1.04. The van der Waals surface area contributed by atoms with Crippen LogP contribution < -0.4 is 16.4 Å². The summed E-state index contributed by atoms with van der Waals surface area (Å²) in [5.41, 5.74) is 5.68.